The standard InChI is InChI=1S/C12H8Cl2N2O2/c1-17-9-4-8(13)11(18-2)10-7(9)3-6(5-15)12(14)16-10/h3-4H,1-2H3. The molecular weight excluding hydrogens is 275 g/mol. The van der Waals surface area contributed by atoms with Crippen LogP contribution in [-0.2, 0) is 0 Å². The summed E-state index contributed by atoms with van der Waals surface area (Å²) in [7, 11) is 3.00. The van der Waals surface area contributed by atoms with Crippen LogP contribution in [0.15, 0.2) is 12.1 Å². The lowest BCUT2D eigenvalue weighted by Crippen LogP contribution is -1.94. The van der Waals surface area contributed by atoms with Gasteiger partial charge < -0.3 is 9.47 Å². The molecule has 4 nitrogen and oxygen atoms in total. The average Bonchev–Trinajstić information content (AvgIpc) is 2.37. The number of pyridine rings is 1. The van der Waals surface area contributed by atoms with E-state index in [1.54, 1.807) is 12.1 Å². The van der Waals surface area contributed by atoms with Gasteiger partial charge in [-0.3, -0.25) is 0 Å². The van der Waals surface area contributed by atoms with Crippen LogP contribution in [-0.4, -0.2) is 19.2 Å². The molecule has 0 saturated carbocycles. The molecule has 0 aliphatic carbocycles. The summed E-state index contributed by atoms with van der Waals surface area (Å²) in [5.41, 5.74) is 0.734. The van der Waals surface area contributed by atoms with Gasteiger partial charge in [0.15, 0.2) is 5.75 Å². The van der Waals surface area contributed by atoms with Crippen LogP contribution < -0.4 is 9.47 Å². The topological polar surface area (TPSA) is 55.1 Å². The van der Waals surface area contributed by atoms with E-state index in [-0.39, 0.29) is 10.7 Å². The maximum absolute atomic E-state index is 8.95. The lowest BCUT2D eigenvalue weighted by atomic mass is 10.1. The van der Waals surface area contributed by atoms with Gasteiger partial charge in [0.1, 0.15) is 22.5 Å². The highest BCUT2D eigenvalue weighted by Gasteiger charge is 2.16. The number of hydrogen-bond donors (Lipinski definition) is 0. The Bertz CT molecular complexity index is 665. The molecule has 0 fully saturated rings. The van der Waals surface area contributed by atoms with Crippen LogP contribution in [0.25, 0.3) is 10.9 Å². The van der Waals surface area contributed by atoms with Crippen molar-refractivity contribution in [3.8, 4) is 17.6 Å². The van der Waals surface area contributed by atoms with Gasteiger partial charge in [0.2, 0.25) is 0 Å². The van der Waals surface area contributed by atoms with Gasteiger partial charge >= 0.3 is 0 Å². The summed E-state index contributed by atoms with van der Waals surface area (Å²) in [6, 6.07) is 5.18. The molecule has 0 N–H and O–H groups in total. The van der Waals surface area contributed by atoms with Crippen LogP contribution in [0.3, 0.4) is 0 Å². The molecule has 0 aliphatic heterocycles. The van der Waals surface area contributed by atoms with E-state index in [1.807, 2.05) is 6.07 Å². The quantitative estimate of drug-likeness (QED) is 0.792. The zero-order chi connectivity index (χ0) is 13.3. The number of ether oxygens (including phenoxy) is 2. The number of fused-ring (bicyclic) bond motifs is 1. The van der Waals surface area contributed by atoms with Crippen LogP contribution in [0.2, 0.25) is 10.2 Å². The van der Waals surface area contributed by atoms with Crippen molar-refractivity contribution in [3.05, 3.63) is 27.9 Å². The fourth-order valence-electron chi connectivity index (χ4n) is 1.66. The van der Waals surface area contributed by atoms with E-state index in [9.17, 15) is 0 Å². The Morgan fingerprint density at radius 2 is 1.94 bits per heavy atom. The molecule has 0 aliphatic rings. The van der Waals surface area contributed by atoms with E-state index >= 15 is 0 Å². The maximum Gasteiger partial charge on any atom is 0.163 e. The van der Waals surface area contributed by atoms with Crippen LogP contribution in [0.4, 0.5) is 0 Å². The summed E-state index contributed by atoms with van der Waals surface area (Å²) in [6.45, 7) is 0. The molecule has 0 atom stereocenters. The molecule has 0 bridgehead atoms. The van der Waals surface area contributed by atoms with E-state index in [0.29, 0.717) is 27.4 Å². The minimum atomic E-state index is 0.104. The highest BCUT2D eigenvalue weighted by molar-refractivity contribution is 6.34. The van der Waals surface area contributed by atoms with Gasteiger partial charge in [-0.1, -0.05) is 23.2 Å². The number of nitrogens with zero attached hydrogens (tertiary/aromatic N) is 2. The van der Waals surface area contributed by atoms with Crippen molar-refractivity contribution in [2.75, 3.05) is 14.2 Å². The van der Waals surface area contributed by atoms with Crippen molar-refractivity contribution >= 4 is 34.1 Å². The summed E-state index contributed by atoms with van der Waals surface area (Å²) in [5.74, 6) is 0.912. The molecule has 0 saturated heterocycles. The zero-order valence-electron chi connectivity index (χ0n) is 9.62. The second-order valence-corrected chi connectivity index (χ2v) is 4.19. The Labute approximate surface area is 114 Å². The van der Waals surface area contributed by atoms with Gasteiger partial charge in [-0.15, -0.1) is 0 Å². The lowest BCUT2D eigenvalue weighted by molar-refractivity contribution is 0.410. The Morgan fingerprint density at radius 3 is 2.50 bits per heavy atom. The van der Waals surface area contributed by atoms with Crippen molar-refractivity contribution in [2.45, 2.75) is 0 Å². The molecule has 1 aromatic carbocycles. The second-order valence-electron chi connectivity index (χ2n) is 3.43. The number of hydrogen-bond acceptors (Lipinski definition) is 4. The first kappa shape index (κ1) is 12.7. The average molecular weight is 283 g/mol. The molecule has 2 aromatic rings. The molecular formula is C12H8Cl2N2O2. The van der Waals surface area contributed by atoms with E-state index in [4.69, 9.17) is 37.9 Å². The van der Waals surface area contributed by atoms with Gasteiger partial charge in [-0.2, -0.15) is 5.26 Å². The summed E-state index contributed by atoms with van der Waals surface area (Å²) in [6.07, 6.45) is 0. The van der Waals surface area contributed by atoms with Gasteiger partial charge in [0, 0.05) is 11.5 Å². The van der Waals surface area contributed by atoms with Gasteiger partial charge in [0.05, 0.1) is 24.8 Å². The molecule has 92 valence electrons. The van der Waals surface area contributed by atoms with E-state index in [2.05, 4.69) is 4.98 Å². The number of halogens is 2. The lowest BCUT2D eigenvalue weighted by Gasteiger charge is -2.11. The van der Waals surface area contributed by atoms with Crippen LogP contribution in [0.1, 0.15) is 5.56 Å². The third-order valence-electron chi connectivity index (χ3n) is 2.48. The number of methoxy groups -OCH3 is 2. The predicted octanol–water partition coefficient (Wildman–Crippen LogP) is 3.43. The number of rotatable bonds is 2. The van der Waals surface area contributed by atoms with Crippen LogP contribution in [0.5, 0.6) is 11.5 Å². The highest BCUT2D eigenvalue weighted by atomic mass is 35.5. The first-order valence-electron chi connectivity index (χ1n) is 4.93. The van der Waals surface area contributed by atoms with E-state index < -0.39 is 0 Å². The predicted molar refractivity (Wildman–Crippen MR) is 69.6 cm³/mol. The fraction of sp³-hybridized carbons (Fsp3) is 0.167. The first-order valence-corrected chi connectivity index (χ1v) is 5.68. The first-order chi connectivity index (χ1) is 8.62. The third-order valence-corrected chi connectivity index (χ3v) is 3.04. The molecule has 0 radical (unpaired) electrons. The van der Waals surface area contributed by atoms with Gasteiger partial charge in [-0.05, 0) is 6.07 Å². The Balaban J connectivity index is 2.94. The highest BCUT2D eigenvalue weighted by Crippen LogP contribution is 2.39. The normalized spacial score (nSPS) is 10.2. The van der Waals surface area contributed by atoms with Crippen molar-refractivity contribution in [1.82, 2.24) is 4.98 Å². The fourth-order valence-corrected chi connectivity index (χ4v) is 2.11. The van der Waals surface area contributed by atoms with Gasteiger partial charge in [-0.25, -0.2) is 4.98 Å². The van der Waals surface area contributed by atoms with E-state index in [1.165, 1.54) is 14.2 Å². The van der Waals surface area contributed by atoms with Crippen molar-refractivity contribution < 1.29 is 9.47 Å². The molecule has 1 aromatic heterocycles. The summed E-state index contributed by atoms with van der Waals surface area (Å²) >= 11 is 12.0. The Hall–Kier alpha value is -1.70. The number of aromatic nitrogens is 1. The summed E-state index contributed by atoms with van der Waals surface area (Å²) in [5, 5.41) is 10.0. The molecule has 0 amide bonds. The van der Waals surface area contributed by atoms with Crippen molar-refractivity contribution in [3.63, 3.8) is 0 Å². The monoisotopic (exact) mass is 282 g/mol. The van der Waals surface area contributed by atoms with Crippen molar-refractivity contribution in [1.29, 1.82) is 5.26 Å². The third kappa shape index (κ3) is 1.92. The molecule has 18 heavy (non-hydrogen) atoms. The smallest absolute Gasteiger partial charge is 0.163 e. The minimum Gasteiger partial charge on any atom is -0.496 e. The number of benzene rings is 1. The SMILES string of the molecule is COc1cc(Cl)c(OC)c2nc(Cl)c(C#N)cc12. The minimum absolute atomic E-state index is 0.104. The zero-order valence-corrected chi connectivity index (χ0v) is 11.1. The molecule has 6 heteroatoms. The van der Waals surface area contributed by atoms with Crippen LogP contribution >= 0.6 is 23.2 Å². The largest absolute Gasteiger partial charge is 0.496 e. The molecule has 0 unspecified atom stereocenters. The molecule has 1 heterocycles. The maximum atomic E-state index is 8.95. The van der Waals surface area contributed by atoms with Crippen molar-refractivity contribution in [2.24, 2.45) is 0 Å². The number of nitriles is 1. The summed E-state index contributed by atoms with van der Waals surface area (Å²) in [4.78, 5) is 4.14. The molecule has 2 rings (SSSR count). The summed E-state index contributed by atoms with van der Waals surface area (Å²) < 4.78 is 10.4. The Morgan fingerprint density at radius 1 is 1.22 bits per heavy atom. The van der Waals surface area contributed by atoms with E-state index in [0.717, 1.165) is 0 Å². The Kier molecular flexibility index (Phi) is 3.46. The van der Waals surface area contributed by atoms with Crippen LogP contribution in [0, 0.1) is 11.3 Å². The second kappa shape index (κ2) is 4.89. The molecule has 0 spiro atoms. The van der Waals surface area contributed by atoms with Gasteiger partial charge in [0.25, 0.3) is 0 Å².